The molecule has 1 heterocycles. The van der Waals surface area contributed by atoms with Gasteiger partial charge in [-0.25, -0.2) is 4.39 Å². The van der Waals surface area contributed by atoms with Crippen molar-refractivity contribution in [2.45, 2.75) is 32.6 Å². The van der Waals surface area contributed by atoms with Crippen LogP contribution in [0.4, 0.5) is 10.1 Å². The van der Waals surface area contributed by atoms with Gasteiger partial charge >= 0.3 is 0 Å². The number of benzene rings is 1. The van der Waals surface area contributed by atoms with Gasteiger partial charge in [-0.15, -0.1) is 0 Å². The van der Waals surface area contributed by atoms with Gasteiger partial charge in [0.25, 0.3) is 0 Å². The van der Waals surface area contributed by atoms with Crippen molar-refractivity contribution in [2.24, 2.45) is 0 Å². The first-order valence-electron chi connectivity index (χ1n) is 5.26. The van der Waals surface area contributed by atoms with Crippen LogP contribution in [0.1, 0.15) is 31.9 Å². The Morgan fingerprint density at radius 2 is 2.20 bits per heavy atom. The molecule has 0 saturated carbocycles. The molecule has 0 saturated heterocycles. The first-order valence-corrected chi connectivity index (χ1v) is 5.26. The van der Waals surface area contributed by atoms with Crippen LogP contribution in [0.5, 0.6) is 5.75 Å². The van der Waals surface area contributed by atoms with E-state index in [9.17, 15) is 9.50 Å². The number of hydrogen-bond acceptors (Lipinski definition) is 2. The van der Waals surface area contributed by atoms with Gasteiger partial charge in [0, 0.05) is 18.0 Å². The third-order valence-corrected chi connectivity index (χ3v) is 3.10. The van der Waals surface area contributed by atoms with Gasteiger partial charge in [0.05, 0.1) is 5.69 Å². The predicted octanol–water partition coefficient (Wildman–Crippen LogP) is 2.80. The molecule has 1 aromatic carbocycles. The van der Waals surface area contributed by atoms with Crippen molar-refractivity contribution >= 4 is 5.69 Å². The number of aromatic hydroxyl groups is 1. The van der Waals surface area contributed by atoms with E-state index in [0.717, 1.165) is 17.7 Å². The molecule has 1 aromatic rings. The molecule has 82 valence electrons. The molecule has 1 aliphatic heterocycles. The van der Waals surface area contributed by atoms with Crippen LogP contribution >= 0.6 is 0 Å². The summed E-state index contributed by atoms with van der Waals surface area (Å²) in [4.78, 5) is 0. The minimum Gasteiger partial charge on any atom is -0.506 e. The Bertz CT molecular complexity index is 413. The summed E-state index contributed by atoms with van der Waals surface area (Å²) >= 11 is 0. The van der Waals surface area contributed by atoms with E-state index in [1.54, 1.807) is 0 Å². The molecular weight excluding hydrogens is 193 g/mol. The summed E-state index contributed by atoms with van der Waals surface area (Å²) in [7, 11) is 0. The monoisotopic (exact) mass is 209 g/mol. The van der Waals surface area contributed by atoms with Gasteiger partial charge in [-0.2, -0.15) is 0 Å². The van der Waals surface area contributed by atoms with E-state index in [2.05, 4.69) is 19.2 Å². The fourth-order valence-electron chi connectivity index (χ4n) is 2.35. The summed E-state index contributed by atoms with van der Waals surface area (Å²) in [6, 6.07) is 1.20. The largest absolute Gasteiger partial charge is 0.506 e. The molecule has 1 aliphatic rings. The third-order valence-electron chi connectivity index (χ3n) is 3.10. The standard InChI is InChI=1S/C12H16FNO/c1-4-7-8(13)5-9(15)11-10(7)12(2,3)6-14-11/h5,14-15H,4,6H2,1-3H3. The highest BCUT2D eigenvalue weighted by molar-refractivity contribution is 5.70. The Kier molecular flexibility index (Phi) is 2.14. The van der Waals surface area contributed by atoms with Crippen molar-refractivity contribution < 1.29 is 9.50 Å². The lowest BCUT2D eigenvalue weighted by molar-refractivity contribution is 0.468. The number of nitrogens with one attached hydrogen (secondary N) is 1. The van der Waals surface area contributed by atoms with Crippen molar-refractivity contribution in [1.29, 1.82) is 0 Å². The Balaban J connectivity index is 2.74. The number of anilines is 1. The van der Waals surface area contributed by atoms with E-state index >= 15 is 0 Å². The van der Waals surface area contributed by atoms with Crippen LogP contribution in [-0.2, 0) is 11.8 Å². The predicted molar refractivity (Wildman–Crippen MR) is 59.0 cm³/mol. The summed E-state index contributed by atoms with van der Waals surface area (Å²) in [5.41, 5.74) is 2.25. The van der Waals surface area contributed by atoms with Gasteiger partial charge in [0.2, 0.25) is 0 Å². The summed E-state index contributed by atoms with van der Waals surface area (Å²) < 4.78 is 13.7. The maximum Gasteiger partial charge on any atom is 0.141 e. The molecule has 3 heteroatoms. The average Bonchev–Trinajstić information content (AvgIpc) is 2.44. The highest BCUT2D eigenvalue weighted by Crippen LogP contribution is 2.44. The number of rotatable bonds is 1. The first-order chi connectivity index (χ1) is 6.97. The van der Waals surface area contributed by atoms with E-state index in [0.29, 0.717) is 12.1 Å². The Labute approximate surface area is 89.1 Å². The summed E-state index contributed by atoms with van der Waals surface area (Å²) in [5.74, 6) is -0.282. The molecule has 0 spiro atoms. The van der Waals surface area contributed by atoms with Crippen LogP contribution in [-0.4, -0.2) is 11.7 Å². The molecule has 0 amide bonds. The van der Waals surface area contributed by atoms with Crippen molar-refractivity contribution in [1.82, 2.24) is 0 Å². The van der Waals surface area contributed by atoms with Gasteiger partial charge in [0.1, 0.15) is 11.6 Å². The summed E-state index contributed by atoms with van der Waals surface area (Å²) in [5, 5.41) is 12.8. The fourth-order valence-corrected chi connectivity index (χ4v) is 2.35. The lowest BCUT2D eigenvalue weighted by Crippen LogP contribution is -2.20. The lowest BCUT2D eigenvalue weighted by Gasteiger charge is -2.21. The molecule has 0 unspecified atom stereocenters. The lowest BCUT2D eigenvalue weighted by atomic mass is 9.82. The molecule has 0 radical (unpaired) electrons. The maximum absolute atomic E-state index is 13.7. The van der Waals surface area contributed by atoms with Crippen molar-refractivity contribution in [3.05, 3.63) is 23.0 Å². The smallest absolute Gasteiger partial charge is 0.141 e. The zero-order chi connectivity index (χ0) is 11.2. The molecular formula is C12H16FNO. The van der Waals surface area contributed by atoms with E-state index in [1.165, 1.54) is 6.07 Å². The van der Waals surface area contributed by atoms with E-state index in [4.69, 9.17) is 0 Å². The highest BCUT2D eigenvalue weighted by Gasteiger charge is 2.35. The van der Waals surface area contributed by atoms with Crippen LogP contribution in [0.25, 0.3) is 0 Å². The van der Waals surface area contributed by atoms with Crippen LogP contribution in [0.15, 0.2) is 6.07 Å². The average molecular weight is 209 g/mol. The van der Waals surface area contributed by atoms with Gasteiger partial charge in [-0.3, -0.25) is 0 Å². The van der Waals surface area contributed by atoms with Gasteiger partial charge in [-0.05, 0) is 17.5 Å². The molecule has 15 heavy (non-hydrogen) atoms. The number of hydrogen-bond donors (Lipinski definition) is 2. The van der Waals surface area contributed by atoms with E-state index in [1.807, 2.05) is 6.92 Å². The third kappa shape index (κ3) is 1.37. The SMILES string of the molecule is CCc1c(F)cc(O)c2c1C(C)(C)CN2. The molecule has 2 N–H and O–H groups in total. The Hall–Kier alpha value is -1.25. The normalized spacial score (nSPS) is 17.3. The maximum atomic E-state index is 13.7. The van der Waals surface area contributed by atoms with Gasteiger partial charge < -0.3 is 10.4 Å². The number of phenols is 1. The zero-order valence-corrected chi connectivity index (χ0v) is 9.32. The van der Waals surface area contributed by atoms with E-state index < -0.39 is 0 Å². The van der Waals surface area contributed by atoms with Crippen molar-refractivity contribution in [3.8, 4) is 5.75 Å². The highest BCUT2D eigenvalue weighted by atomic mass is 19.1. The first kappa shape index (κ1) is 10.3. The molecule has 0 bridgehead atoms. The second-order valence-electron chi connectivity index (χ2n) is 4.70. The second-order valence-corrected chi connectivity index (χ2v) is 4.70. The van der Waals surface area contributed by atoms with Crippen molar-refractivity contribution in [2.75, 3.05) is 11.9 Å². The fraction of sp³-hybridized carbons (Fsp3) is 0.500. The molecule has 0 atom stereocenters. The van der Waals surface area contributed by atoms with Crippen LogP contribution in [0.2, 0.25) is 0 Å². The van der Waals surface area contributed by atoms with Gasteiger partial charge in [0.15, 0.2) is 0 Å². The summed E-state index contributed by atoms with van der Waals surface area (Å²) in [6.07, 6.45) is 0.652. The van der Waals surface area contributed by atoms with Crippen LogP contribution < -0.4 is 5.32 Å². The Morgan fingerprint density at radius 3 is 2.80 bits per heavy atom. The Morgan fingerprint density at radius 1 is 1.53 bits per heavy atom. The van der Waals surface area contributed by atoms with E-state index in [-0.39, 0.29) is 17.0 Å². The van der Waals surface area contributed by atoms with Crippen molar-refractivity contribution in [3.63, 3.8) is 0 Å². The molecule has 0 aliphatic carbocycles. The van der Waals surface area contributed by atoms with Crippen LogP contribution in [0.3, 0.4) is 0 Å². The molecule has 0 aromatic heterocycles. The molecule has 0 fully saturated rings. The minimum atomic E-state index is -0.300. The topological polar surface area (TPSA) is 32.3 Å². The second kappa shape index (κ2) is 3.12. The number of halogens is 1. The minimum absolute atomic E-state index is 0.0188. The quantitative estimate of drug-likeness (QED) is 0.697. The molecule has 2 nitrogen and oxygen atoms in total. The number of phenolic OH excluding ortho intramolecular Hbond substituents is 1. The van der Waals surface area contributed by atoms with Crippen LogP contribution in [0, 0.1) is 5.82 Å². The number of fused-ring (bicyclic) bond motifs is 1. The summed E-state index contributed by atoms with van der Waals surface area (Å²) in [6.45, 7) is 6.80. The molecule has 2 rings (SSSR count). The van der Waals surface area contributed by atoms with Gasteiger partial charge in [-0.1, -0.05) is 20.8 Å². The zero-order valence-electron chi connectivity index (χ0n) is 9.32.